The first-order chi connectivity index (χ1) is 11.3. The molecule has 0 aromatic heterocycles. The van der Waals surface area contributed by atoms with Crippen LogP contribution in [-0.4, -0.2) is 57.3 Å². The molecule has 0 radical (unpaired) electrons. The highest BCUT2D eigenvalue weighted by molar-refractivity contribution is 5.81. The molecule has 142 valence electrons. The molecule has 0 bridgehead atoms. The van der Waals surface area contributed by atoms with Crippen LogP contribution in [0.5, 0.6) is 0 Å². The summed E-state index contributed by atoms with van der Waals surface area (Å²) in [6.07, 6.45) is -0.596. The summed E-state index contributed by atoms with van der Waals surface area (Å²) in [5, 5.41) is 11.1. The molecular weight excluding hydrogens is 325 g/mol. The fourth-order valence-corrected chi connectivity index (χ4v) is 1.90. The van der Waals surface area contributed by atoms with Crippen molar-refractivity contribution < 1.29 is 22.8 Å². The van der Waals surface area contributed by atoms with E-state index in [1.807, 2.05) is 5.32 Å². The summed E-state index contributed by atoms with van der Waals surface area (Å²) in [5.74, 6) is -1.89. The molecule has 0 aromatic rings. The van der Waals surface area contributed by atoms with Crippen LogP contribution < -0.4 is 21.3 Å². The minimum atomic E-state index is -4.80. The van der Waals surface area contributed by atoms with Crippen molar-refractivity contribution in [3.05, 3.63) is 0 Å². The molecule has 0 aromatic carbocycles. The minimum Gasteiger partial charge on any atom is -0.356 e. The van der Waals surface area contributed by atoms with Gasteiger partial charge in [-0.1, -0.05) is 0 Å². The Kier molecular flexibility index (Phi) is 13.2. The Morgan fingerprint density at radius 3 is 1.58 bits per heavy atom. The second-order valence-corrected chi connectivity index (χ2v) is 5.50. The first-order valence-electron chi connectivity index (χ1n) is 8.35. The van der Waals surface area contributed by atoms with Gasteiger partial charge in [0.2, 0.25) is 5.91 Å². The van der Waals surface area contributed by atoms with Crippen molar-refractivity contribution in [3.8, 4) is 0 Å². The fourth-order valence-electron chi connectivity index (χ4n) is 1.90. The van der Waals surface area contributed by atoms with Gasteiger partial charge >= 0.3 is 12.1 Å². The molecule has 4 N–H and O–H groups in total. The predicted molar refractivity (Wildman–Crippen MR) is 86.6 cm³/mol. The van der Waals surface area contributed by atoms with E-state index in [9.17, 15) is 22.8 Å². The Balaban J connectivity index is 3.15. The molecule has 0 aliphatic rings. The van der Waals surface area contributed by atoms with E-state index in [1.165, 1.54) is 6.92 Å². The van der Waals surface area contributed by atoms with Crippen LogP contribution in [0.2, 0.25) is 0 Å². The van der Waals surface area contributed by atoms with E-state index in [0.29, 0.717) is 13.0 Å². The van der Waals surface area contributed by atoms with Crippen LogP contribution in [0, 0.1) is 0 Å². The Bertz CT molecular complexity index is 352. The lowest BCUT2D eigenvalue weighted by atomic mass is 10.2. The molecule has 0 aliphatic heterocycles. The summed E-state index contributed by atoms with van der Waals surface area (Å²) in [6.45, 7) is 5.62. The number of carbonyl (C=O) groups is 2. The molecule has 0 atom stereocenters. The maximum atomic E-state index is 11.9. The van der Waals surface area contributed by atoms with Crippen molar-refractivity contribution in [2.75, 3.05) is 39.3 Å². The van der Waals surface area contributed by atoms with Crippen LogP contribution in [0.3, 0.4) is 0 Å². The van der Waals surface area contributed by atoms with Crippen molar-refractivity contribution >= 4 is 11.8 Å². The third-order valence-corrected chi connectivity index (χ3v) is 3.18. The minimum absolute atomic E-state index is 0.0104. The average Bonchev–Trinajstić information content (AvgIpc) is 2.49. The van der Waals surface area contributed by atoms with Gasteiger partial charge in [0.25, 0.3) is 0 Å². The summed E-state index contributed by atoms with van der Waals surface area (Å²) in [4.78, 5) is 21.2. The molecule has 0 spiro atoms. The SMILES string of the molecule is CC(=O)NCCCNCCCCNCCCCNC(=O)C(F)(F)F. The van der Waals surface area contributed by atoms with Crippen LogP contribution in [0.4, 0.5) is 13.2 Å². The molecule has 6 nitrogen and oxygen atoms in total. The van der Waals surface area contributed by atoms with Crippen LogP contribution >= 0.6 is 0 Å². The highest BCUT2D eigenvalue weighted by atomic mass is 19.4. The highest BCUT2D eigenvalue weighted by Gasteiger charge is 2.38. The van der Waals surface area contributed by atoms with Crippen LogP contribution in [0.15, 0.2) is 0 Å². The molecule has 2 amide bonds. The summed E-state index contributed by atoms with van der Waals surface area (Å²) >= 11 is 0. The average molecular weight is 354 g/mol. The van der Waals surface area contributed by atoms with E-state index < -0.39 is 12.1 Å². The number of halogens is 3. The van der Waals surface area contributed by atoms with Gasteiger partial charge in [-0.25, -0.2) is 0 Å². The van der Waals surface area contributed by atoms with E-state index in [0.717, 1.165) is 51.9 Å². The van der Waals surface area contributed by atoms with Gasteiger partial charge in [0.15, 0.2) is 0 Å². The van der Waals surface area contributed by atoms with E-state index in [-0.39, 0.29) is 12.5 Å². The summed E-state index contributed by atoms with van der Waals surface area (Å²) in [5.41, 5.74) is 0. The fraction of sp³-hybridized carbons (Fsp3) is 0.867. The lowest BCUT2D eigenvalue weighted by Crippen LogP contribution is -2.37. The Morgan fingerprint density at radius 2 is 1.12 bits per heavy atom. The zero-order valence-electron chi connectivity index (χ0n) is 14.2. The van der Waals surface area contributed by atoms with E-state index >= 15 is 0 Å². The van der Waals surface area contributed by atoms with Crippen LogP contribution in [-0.2, 0) is 9.59 Å². The van der Waals surface area contributed by atoms with Gasteiger partial charge in [-0.05, 0) is 58.3 Å². The zero-order valence-corrected chi connectivity index (χ0v) is 14.2. The van der Waals surface area contributed by atoms with Crippen molar-refractivity contribution in [1.82, 2.24) is 21.3 Å². The first kappa shape index (κ1) is 22.6. The number of carbonyl (C=O) groups excluding carboxylic acids is 2. The second-order valence-electron chi connectivity index (χ2n) is 5.50. The van der Waals surface area contributed by atoms with Gasteiger partial charge in [0.1, 0.15) is 0 Å². The molecule has 0 rings (SSSR count). The zero-order chi connectivity index (χ0) is 18.3. The monoisotopic (exact) mass is 354 g/mol. The van der Waals surface area contributed by atoms with Crippen molar-refractivity contribution in [2.24, 2.45) is 0 Å². The molecule has 9 heteroatoms. The Morgan fingerprint density at radius 1 is 0.708 bits per heavy atom. The number of unbranched alkanes of at least 4 members (excludes halogenated alkanes) is 2. The molecular formula is C15H29F3N4O2. The normalized spacial score (nSPS) is 11.3. The molecule has 0 aliphatic carbocycles. The third kappa shape index (κ3) is 15.5. The van der Waals surface area contributed by atoms with Crippen LogP contribution in [0.1, 0.15) is 39.0 Å². The van der Waals surface area contributed by atoms with E-state index in [4.69, 9.17) is 0 Å². The van der Waals surface area contributed by atoms with E-state index in [1.54, 1.807) is 0 Å². The maximum absolute atomic E-state index is 11.9. The molecule has 0 saturated carbocycles. The highest BCUT2D eigenvalue weighted by Crippen LogP contribution is 2.13. The quantitative estimate of drug-likeness (QED) is 0.350. The van der Waals surface area contributed by atoms with Gasteiger partial charge in [-0.3, -0.25) is 9.59 Å². The first-order valence-corrected chi connectivity index (χ1v) is 8.35. The van der Waals surface area contributed by atoms with Gasteiger partial charge in [-0.15, -0.1) is 0 Å². The lowest BCUT2D eigenvalue weighted by Gasteiger charge is -2.08. The molecule has 0 saturated heterocycles. The lowest BCUT2D eigenvalue weighted by molar-refractivity contribution is -0.173. The number of rotatable bonds is 14. The standard InChI is InChI=1S/C15H29F3N4O2/c1-13(23)21-12-6-10-20-8-3-2-7-19-9-4-5-11-22-14(24)15(16,17)18/h19-20H,2-12H2,1H3,(H,21,23)(H,22,24). The summed E-state index contributed by atoms with van der Waals surface area (Å²) in [7, 11) is 0. The second kappa shape index (κ2) is 14.0. The Hall–Kier alpha value is -1.35. The van der Waals surface area contributed by atoms with Gasteiger partial charge in [-0.2, -0.15) is 13.2 Å². The van der Waals surface area contributed by atoms with E-state index in [2.05, 4.69) is 16.0 Å². The molecule has 0 unspecified atom stereocenters. The molecule has 24 heavy (non-hydrogen) atoms. The van der Waals surface area contributed by atoms with Crippen LogP contribution in [0.25, 0.3) is 0 Å². The predicted octanol–water partition coefficient (Wildman–Crippen LogP) is 0.931. The summed E-state index contributed by atoms with van der Waals surface area (Å²) < 4.78 is 35.7. The number of alkyl halides is 3. The third-order valence-electron chi connectivity index (χ3n) is 3.18. The summed E-state index contributed by atoms with van der Waals surface area (Å²) in [6, 6.07) is 0. The number of hydrogen-bond donors (Lipinski definition) is 4. The van der Waals surface area contributed by atoms with Gasteiger partial charge in [0.05, 0.1) is 0 Å². The van der Waals surface area contributed by atoms with Crippen molar-refractivity contribution in [3.63, 3.8) is 0 Å². The molecule has 0 heterocycles. The van der Waals surface area contributed by atoms with Gasteiger partial charge in [0, 0.05) is 20.0 Å². The maximum Gasteiger partial charge on any atom is 0.471 e. The van der Waals surface area contributed by atoms with Gasteiger partial charge < -0.3 is 21.3 Å². The number of hydrogen-bond acceptors (Lipinski definition) is 4. The number of amides is 2. The topological polar surface area (TPSA) is 82.3 Å². The van der Waals surface area contributed by atoms with Crippen molar-refractivity contribution in [2.45, 2.75) is 45.2 Å². The Labute approximate surface area is 141 Å². The molecule has 0 fully saturated rings. The van der Waals surface area contributed by atoms with Crippen molar-refractivity contribution in [1.29, 1.82) is 0 Å². The smallest absolute Gasteiger partial charge is 0.356 e. The largest absolute Gasteiger partial charge is 0.471 e. The number of nitrogens with one attached hydrogen (secondary N) is 4.